The molecule has 2 aromatic carbocycles. The van der Waals surface area contributed by atoms with Gasteiger partial charge in [0.1, 0.15) is 0 Å². The van der Waals surface area contributed by atoms with Gasteiger partial charge in [0.2, 0.25) is 10.0 Å². The lowest BCUT2D eigenvalue weighted by atomic mass is 10.2. The van der Waals surface area contributed by atoms with Gasteiger partial charge >= 0.3 is 0 Å². The smallest absolute Gasteiger partial charge is 0.255 e. The van der Waals surface area contributed by atoms with Crippen LogP contribution in [0.25, 0.3) is 0 Å². The summed E-state index contributed by atoms with van der Waals surface area (Å²) < 4.78 is 25.1. The zero-order chi connectivity index (χ0) is 18.6. The predicted molar refractivity (Wildman–Crippen MR) is 103 cm³/mol. The highest BCUT2D eigenvalue weighted by Crippen LogP contribution is 2.25. The second-order valence-electron chi connectivity index (χ2n) is 5.59. The Morgan fingerprint density at radius 1 is 1.20 bits per heavy atom. The lowest BCUT2D eigenvalue weighted by Gasteiger charge is -2.17. The van der Waals surface area contributed by atoms with Crippen LogP contribution in [-0.4, -0.2) is 34.2 Å². The van der Waals surface area contributed by atoms with Crippen LogP contribution in [0, 0.1) is 0 Å². The Bertz CT molecular complexity index is 884. The Morgan fingerprint density at radius 2 is 1.92 bits per heavy atom. The highest BCUT2D eigenvalue weighted by Gasteiger charge is 2.12. The maximum Gasteiger partial charge on any atom is 0.255 e. The minimum Gasteiger partial charge on any atom is -0.375 e. The fourth-order valence-electron chi connectivity index (χ4n) is 2.15. The van der Waals surface area contributed by atoms with Crippen LogP contribution in [0.5, 0.6) is 0 Å². The quantitative estimate of drug-likeness (QED) is 0.803. The van der Waals surface area contributed by atoms with E-state index in [0.29, 0.717) is 11.3 Å². The summed E-state index contributed by atoms with van der Waals surface area (Å²) in [5.74, 6) is -0.357. The highest BCUT2D eigenvalue weighted by atomic mass is 35.5. The maximum atomic E-state index is 12.4. The van der Waals surface area contributed by atoms with Crippen molar-refractivity contribution in [2.75, 3.05) is 34.8 Å². The number of amides is 1. The van der Waals surface area contributed by atoms with Crippen LogP contribution < -0.4 is 14.9 Å². The summed E-state index contributed by atoms with van der Waals surface area (Å²) >= 11 is 5.97. The van der Waals surface area contributed by atoms with Gasteiger partial charge in [-0.1, -0.05) is 17.7 Å². The van der Waals surface area contributed by atoms with E-state index in [-0.39, 0.29) is 16.6 Å². The van der Waals surface area contributed by atoms with Crippen molar-refractivity contribution in [3.8, 4) is 0 Å². The third kappa shape index (κ3) is 5.37. The van der Waals surface area contributed by atoms with Crippen LogP contribution in [0.1, 0.15) is 17.3 Å². The first-order chi connectivity index (χ1) is 11.7. The second kappa shape index (κ2) is 7.76. The number of carbonyl (C=O) groups excluding carboxylic acids is 1. The van der Waals surface area contributed by atoms with E-state index in [1.807, 2.05) is 37.1 Å². The molecular formula is C17H20ClN3O3S. The Kier molecular flexibility index (Phi) is 5.92. The van der Waals surface area contributed by atoms with Gasteiger partial charge in [0.25, 0.3) is 5.91 Å². The molecule has 134 valence electrons. The fraction of sp³-hybridized carbons (Fsp3) is 0.235. The number of sulfonamides is 1. The molecule has 8 heteroatoms. The minimum atomic E-state index is -3.49. The van der Waals surface area contributed by atoms with Gasteiger partial charge in [-0.3, -0.25) is 9.52 Å². The molecule has 0 bridgehead atoms. The molecule has 0 aromatic heterocycles. The summed E-state index contributed by atoms with van der Waals surface area (Å²) in [5.41, 5.74) is 2.09. The SMILES string of the molecule is CCN(C)c1cccc(NC(=O)c2ccc(Cl)c(NS(C)(=O)=O)c2)c1. The van der Waals surface area contributed by atoms with Crippen molar-refractivity contribution in [1.82, 2.24) is 0 Å². The average Bonchev–Trinajstić information content (AvgIpc) is 2.55. The normalized spacial score (nSPS) is 11.0. The molecule has 2 rings (SSSR count). The molecule has 0 saturated heterocycles. The number of nitrogens with one attached hydrogen (secondary N) is 2. The van der Waals surface area contributed by atoms with Crippen LogP contribution in [0.3, 0.4) is 0 Å². The summed E-state index contributed by atoms with van der Waals surface area (Å²) in [4.78, 5) is 14.5. The third-order valence-corrected chi connectivity index (χ3v) is 4.46. The molecule has 0 spiro atoms. The molecule has 25 heavy (non-hydrogen) atoms. The van der Waals surface area contributed by atoms with Gasteiger partial charge in [-0.15, -0.1) is 0 Å². The summed E-state index contributed by atoms with van der Waals surface area (Å²) in [6, 6.07) is 11.9. The summed E-state index contributed by atoms with van der Waals surface area (Å²) in [6.07, 6.45) is 1.02. The Morgan fingerprint density at radius 3 is 2.56 bits per heavy atom. The van der Waals surface area contributed by atoms with Crippen molar-refractivity contribution in [2.24, 2.45) is 0 Å². The van der Waals surface area contributed by atoms with Gasteiger partial charge in [0.15, 0.2) is 0 Å². The molecule has 0 saturated carbocycles. The molecular weight excluding hydrogens is 362 g/mol. The molecule has 2 aromatic rings. The van der Waals surface area contributed by atoms with E-state index in [0.717, 1.165) is 18.5 Å². The minimum absolute atomic E-state index is 0.163. The first-order valence-corrected chi connectivity index (χ1v) is 9.86. The van der Waals surface area contributed by atoms with Gasteiger partial charge in [-0.25, -0.2) is 8.42 Å². The van der Waals surface area contributed by atoms with Crippen LogP contribution in [0.15, 0.2) is 42.5 Å². The first-order valence-electron chi connectivity index (χ1n) is 7.59. The monoisotopic (exact) mass is 381 g/mol. The zero-order valence-corrected chi connectivity index (χ0v) is 15.8. The van der Waals surface area contributed by atoms with Gasteiger partial charge in [0.05, 0.1) is 17.0 Å². The van der Waals surface area contributed by atoms with E-state index in [9.17, 15) is 13.2 Å². The molecule has 6 nitrogen and oxygen atoms in total. The van der Waals surface area contributed by atoms with E-state index in [1.54, 1.807) is 6.07 Å². The topological polar surface area (TPSA) is 78.5 Å². The summed E-state index contributed by atoms with van der Waals surface area (Å²) in [5, 5.41) is 3.02. The summed E-state index contributed by atoms with van der Waals surface area (Å²) in [6.45, 7) is 2.88. The van der Waals surface area contributed by atoms with E-state index in [4.69, 9.17) is 11.6 Å². The molecule has 0 fully saturated rings. The van der Waals surface area contributed by atoms with Crippen LogP contribution >= 0.6 is 11.6 Å². The lowest BCUT2D eigenvalue weighted by molar-refractivity contribution is 0.102. The van der Waals surface area contributed by atoms with Crippen molar-refractivity contribution in [2.45, 2.75) is 6.92 Å². The number of halogens is 1. The molecule has 0 radical (unpaired) electrons. The van der Waals surface area contributed by atoms with E-state index in [1.165, 1.54) is 18.2 Å². The number of carbonyl (C=O) groups is 1. The van der Waals surface area contributed by atoms with Crippen LogP contribution in [0.2, 0.25) is 5.02 Å². The largest absolute Gasteiger partial charge is 0.375 e. The molecule has 0 atom stereocenters. The Labute approximate surface area is 152 Å². The zero-order valence-electron chi connectivity index (χ0n) is 14.2. The summed E-state index contributed by atoms with van der Waals surface area (Å²) in [7, 11) is -1.53. The molecule has 2 N–H and O–H groups in total. The van der Waals surface area contributed by atoms with Crippen molar-refractivity contribution < 1.29 is 13.2 Å². The van der Waals surface area contributed by atoms with Gasteiger partial charge in [-0.2, -0.15) is 0 Å². The lowest BCUT2D eigenvalue weighted by Crippen LogP contribution is -2.17. The Hall–Kier alpha value is -2.25. The van der Waals surface area contributed by atoms with Crippen LogP contribution in [-0.2, 0) is 10.0 Å². The Balaban J connectivity index is 2.23. The number of rotatable bonds is 6. The number of benzene rings is 2. The van der Waals surface area contributed by atoms with E-state index >= 15 is 0 Å². The molecule has 1 amide bonds. The number of hydrogen-bond donors (Lipinski definition) is 2. The predicted octanol–water partition coefficient (Wildman–Crippen LogP) is 3.42. The van der Waals surface area contributed by atoms with E-state index < -0.39 is 10.0 Å². The fourth-order valence-corrected chi connectivity index (χ4v) is 2.94. The standard InChI is InChI=1S/C17H20ClN3O3S/c1-4-21(2)14-7-5-6-13(11-14)19-17(22)12-8-9-15(18)16(10-12)20-25(3,23)24/h5-11,20H,4H2,1-3H3,(H,19,22). The van der Waals surface area contributed by atoms with Gasteiger partial charge in [0, 0.05) is 30.5 Å². The third-order valence-electron chi connectivity index (χ3n) is 3.54. The van der Waals surface area contributed by atoms with Gasteiger partial charge in [-0.05, 0) is 43.3 Å². The molecule has 0 heterocycles. The molecule has 0 aliphatic heterocycles. The number of anilines is 3. The average molecular weight is 382 g/mol. The van der Waals surface area contributed by atoms with E-state index in [2.05, 4.69) is 10.0 Å². The molecule has 0 unspecified atom stereocenters. The molecule has 0 aliphatic rings. The van der Waals surface area contributed by atoms with Crippen molar-refractivity contribution in [1.29, 1.82) is 0 Å². The van der Waals surface area contributed by atoms with Crippen molar-refractivity contribution in [3.05, 3.63) is 53.1 Å². The number of hydrogen-bond acceptors (Lipinski definition) is 4. The second-order valence-corrected chi connectivity index (χ2v) is 7.74. The first kappa shape index (κ1) is 19.1. The van der Waals surface area contributed by atoms with Crippen molar-refractivity contribution in [3.63, 3.8) is 0 Å². The number of nitrogens with zero attached hydrogens (tertiary/aromatic N) is 1. The van der Waals surface area contributed by atoms with Crippen LogP contribution in [0.4, 0.5) is 17.1 Å². The van der Waals surface area contributed by atoms with Crippen molar-refractivity contribution >= 4 is 44.6 Å². The maximum absolute atomic E-state index is 12.4. The van der Waals surface area contributed by atoms with Gasteiger partial charge < -0.3 is 10.2 Å². The molecule has 0 aliphatic carbocycles. The highest BCUT2D eigenvalue weighted by molar-refractivity contribution is 7.92.